The van der Waals surface area contributed by atoms with Crippen LogP contribution >= 0.6 is 0 Å². The maximum atomic E-state index is 12.1. The molecule has 4 fully saturated rings. The molecule has 0 aromatic heterocycles. The maximum Gasteiger partial charge on any atom is 0.222 e. The molecule has 1 heterocycles. The molecule has 1 aliphatic heterocycles. The molecule has 0 aromatic rings. The number of carbonyl (C=O) groups is 2. The van der Waals surface area contributed by atoms with Crippen LogP contribution in [0.25, 0.3) is 0 Å². The van der Waals surface area contributed by atoms with Gasteiger partial charge in [-0.3, -0.25) is 9.59 Å². The number of amides is 1. The van der Waals surface area contributed by atoms with Crippen LogP contribution < -0.4 is 0 Å². The van der Waals surface area contributed by atoms with Gasteiger partial charge in [0.1, 0.15) is 5.78 Å². The van der Waals surface area contributed by atoms with Crippen LogP contribution in [0.1, 0.15) is 65.2 Å². The topological polar surface area (TPSA) is 37.4 Å². The van der Waals surface area contributed by atoms with Gasteiger partial charge in [0.15, 0.2) is 0 Å². The molecule has 4 aliphatic rings. The molecule has 3 nitrogen and oxygen atoms in total. The van der Waals surface area contributed by atoms with Crippen molar-refractivity contribution >= 4 is 11.7 Å². The zero-order valence-corrected chi connectivity index (χ0v) is 14.2. The van der Waals surface area contributed by atoms with Crippen molar-refractivity contribution in [1.29, 1.82) is 0 Å². The Labute approximate surface area is 133 Å². The van der Waals surface area contributed by atoms with Gasteiger partial charge in [-0.15, -0.1) is 0 Å². The minimum atomic E-state index is 0.276. The first kappa shape index (κ1) is 14.7. The zero-order valence-electron chi connectivity index (χ0n) is 14.2. The van der Waals surface area contributed by atoms with E-state index in [1.807, 2.05) is 11.9 Å². The SMILES string of the molecule is CN1C(=O)CC[C@]2(C)[C@H]3CC[C@]4(C)CC(=O)C[C@H]4[C@@H]3CC[C@@H]12. The quantitative estimate of drug-likeness (QED) is 0.687. The number of hydrogen-bond acceptors (Lipinski definition) is 2. The molecule has 1 amide bonds. The van der Waals surface area contributed by atoms with Gasteiger partial charge in [0, 0.05) is 32.4 Å². The average molecular weight is 303 g/mol. The Hall–Kier alpha value is -0.860. The third-order valence-corrected chi connectivity index (χ3v) is 8.12. The van der Waals surface area contributed by atoms with Crippen LogP contribution in [-0.4, -0.2) is 29.7 Å². The maximum absolute atomic E-state index is 12.1. The second-order valence-corrected chi connectivity index (χ2v) is 9.09. The number of carbonyl (C=O) groups excluding carboxylic acids is 2. The van der Waals surface area contributed by atoms with Crippen molar-refractivity contribution in [3.05, 3.63) is 0 Å². The first-order chi connectivity index (χ1) is 10.3. The summed E-state index contributed by atoms with van der Waals surface area (Å²) < 4.78 is 0. The Morgan fingerprint density at radius 3 is 2.59 bits per heavy atom. The fourth-order valence-corrected chi connectivity index (χ4v) is 6.93. The molecule has 0 bridgehead atoms. The van der Waals surface area contributed by atoms with Crippen molar-refractivity contribution in [1.82, 2.24) is 4.90 Å². The lowest BCUT2D eigenvalue weighted by Crippen LogP contribution is -2.61. The highest BCUT2D eigenvalue weighted by Gasteiger charge is 2.60. The molecule has 122 valence electrons. The summed E-state index contributed by atoms with van der Waals surface area (Å²) in [5, 5.41) is 0. The summed E-state index contributed by atoms with van der Waals surface area (Å²) in [6.45, 7) is 4.81. The molecular formula is C19H29NO2. The summed E-state index contributed by atoms with van der Waals surface area (Å²) in [6.07, 6.45) is 8.25. The lowest BCUT2D eigenvalue weighted by molar-refractivity contribution is -0.156. The predicted molar refractivity (Wildman–Crippen MR) is 85.2 cm³/mol. The number of likely N-dealkylation sites (tertiary alicyclic amines) is 1. The van der Waals surface area contributed by atoms with E-state index in [0.717, 1.165) is 25.7 Å². The molecule has 0 N–H and O–H groups in total. The van der Waals surface area contributed by atoms with Crippen molar-refractivity contribution < 1.29 is 9.59 Å². The van der Waals surface area contributed by atoms with Crippen LogP contribution in [-0.2, 0) is 9.59 Å². The predicted octanol–water partition coefficient (Wildman–Crippen LogP) is 3.42. The minimum absolute atomic E-state index is 0.276. The largest absolute Gasteiger partial charge is 0.342 e. The molecule has 3 saturated carbocycles. The third-order valence-electron chi connectivity index (χ3n) is 8.12. The number of hydrogen-bond donors (Lipinski definition) is 0. The average Bonchev–Trinajstić information content (AvgIpc) is 2.78. The van der Waals surface area contributed by atoms with Crippen molar-refractivity contribution in [2.24, 2.45) is 28.6 Å². The van der Waals surface area contributed by atoms with Gasteiger partial charge < -0.3 is 4.90 Å². The molecular weight excluding hydrogens is 274 g/mol. The summed E-state index contributed by atoms with van der Waals surface area (Å²) >= 11 is 0. The van der Waals surface area contributed by atoms with Gasteiger partial charge in [0.05, 0.1) is 0 Å². The number of rotatable bonds is 0. The molecule has 3 heteroatoms. The number of fused-ring (bicyclic) bond motifs is 5. The van der Waals surface area contributed by atoms with Gasteiger partial charge in [-0.1, -0.05) is 13.8 Å². The highest BCUT2D eigenvalue weighted by molar-refractivity contribution is 5.82. The Kier molecular flexibility index (Phi) is 3.06. The first-order valence-electron chi connectivity index (χ1n) is 9.12. The fourth-order valence-electron chi connectivity index (χ4n) is 6.93. The highest BCUT2D eigenvalue weighted by atomic mass is 16.2. The van der Waals surface area contributed by atoms with E-state index in [1.54, 1.807) is 0 Å². The minimum Gasteiger partial charge on any atom is -0.342 e. The number of piperidine rings is 1. The Balaban J connectivity index is 1.66. The Bertz CT molecular complexity index is 530. The molecule has 0 radical (unpaired) electrons. The van der Waals surface area contributed by atoms with Crippen LogP contribution in [0.15, 0.2) is 0 Å². The van der Waals surface area contributed by atoms with Gasteiger partial charge in [-0.05, 0) is 60.7 Å². The van der Waals surface area contributed by atoms with Crippen molar-refractivity contribution in [3.8, 4) is 0 Å². The molecule has 0 unspecified atom stereocenters. The van der Waals surface area contributed by atoms with Crippen molar-refractivity contribution in [3.63, 3.8) is 0 Å². The smallest absolute Gasteiger partial charge is 0.222 e. The van der Waals surface area contributed by atoms with Crippen LogP contribution in [0.2, 0.25) is 0 Å². The molecule has 6 atom stereocenters. The monoisotopic (exact) mass is 303 g/mol. The second kappa shape index (κ2) is 4.58. The molecule has 0 spiro atoms. The molecule has 0 aromatic carbocycles. The summed E-state index contributed by atoms with van der Waals surface area (Å²) in [7, 11) is 2.01. The van der Waals surface area contributed by atoms with Gasteiger partial charge >= 0.3 is 0 Å². The number of Topliss-reactive ketones (excluding diaryl/α,β-unsaturated/α-hetero) is 1. The van der Waals surface area contributed by atoms with Gasteiger partial charge in [-0.2, -0.15) is 0 Å². The normalized spacial score (nSPS) is 51.3. The molecule has 4 rings (SSSR count). The van der Waals surface area contributed by atoms with Crippen LogP contribution in [0.3, 0.4) is 0 Å². The first-order valence-corrected chi connectivity index (χ1v) is 9.12. The van der Waals surface area contributed by atoms with Gasteiger partial charge in [0.2, 0.25) is 5.91 Å². The van der Waals surface area contributed by atoms with E-state index in [4.69, 9.17) is 0 Å². The van der Waals surface area contributed by atoms with Gasteiger partial charge in [0.25, 0.3) is 0 Å². The lowest BCUT2D eigenvalue weighted by Gasteiger charge is -2.61. The summed E-state index contributed by atoms with van der Waals surface area (Å²) in [6, 6.07) is 0.427. The Morgan fingerprint density at radius 2 is 1.82 bits per heavy atom. The van der Waals surface area contributed by atoms with Crippen LogP contribution in [0, 0.1) is 28.6 Å². The highest BCUT2D eigenvalue weighted by Crippen LogP contribution is 2.64. The van der Waals surface area contributed by atoms with Crippen molar-refractivity contribution in [2.45, 2.75) is 71.3 Å². The zero-order chi connectivity index (χ0) is 15.7. The summed E-state index contributed by atoms with van der Waals surface area (Å²) in [5.74, 6) is 2.87. The number of nitrogens with zero attached hydrogens (tertiary/aromatic N) is 1. The summed E-state index contributed by atoms with van der Waals surface area (Å²) in [5.41, 5.74) is 0.552. The molecule has 3 aliphatic carbocycles. The fraction of sp³-hybridized carbons (Fsp3) is 0.895. The van der Waals surface area contributed by atoms with E-state index in [1.165, 1.54) is 19.3 Å². The molecule has 22 heavy (non-hydrogen) atoms. The van der Waals surface area contributed by atoms with Crippen LogP contribution in [0.4, 0.5) is 0 Å². The molecule has 1 saturated heterocycles. The second-order valence-electron chi connectivity index (χ2n) is 9.09. The third kappa shape index (κ3) is 1.80. The van der Waals surface area contributed by atoms with E-state index in [9.17, 15) is 9.59 Å². The van der Waals surface area contributed by atoms with Crippen LogP contribution in [0.5, 0.6) is 0 Å². The Morgan fingerprint density at radius 1 is 1.05 bits per heavy atom. The van der Waals surface area contributed by atoms with E-state index >= 15 is 0 Å². The number of ketones is 1. The van der Waals surface area contributed by atoms with Crippen molar-refractivity contribution in [2.75, 3.05) is 7.05 Å². The van der Waals surface area contributed by atoms with E-state index in [0.29, 0.717) is 41.9 Å². The lowest BCUT2D eigenvalue weighted by atomic mass is 9.47. The van der Waals surface area contributed by atoms with E-state index in [2.05, 4.69) is 13.8 Å². The van der Waals surface area contributed by atoms with E-state index in [-0.39, 0.29) is 10.8 Å². The van der Waals surface area contributed by atoms with E-state index < -0.39 is 0 Å². The summed E-state index contributed by atoms with van der Waals surface area (Å²) in [4.78, 5) is 26.3. The standard InChI is InChI=1S/C19H29NO2/c1-18-8-6-14-13(15(18)10-12(21)11-18)4-5-16-19(14,2)9-7-17(22)20(16)3/h13-16H,4-11H2,1-3H3/t13-,14+,15+,16-,18-,19-/m1/s1. The van der Waals surface area contributed by atoms with Gasteiger partial charge in [-0.25, -0.2) is 0 Å².